The Morgan fingerprint density at radius 3 is 2.89 bits per heavy atom. The molecule has 0 aliphatic carbocycles. The average molecular weight is 273 g/mol. The van der Waals surface area contributed by atoms with E-state index in [1.807, 2.05) is 0 Å². The van der Waals surface area contributed by atoms with Gasteiger partial charge in [-0.1, -0.05) is 0 Å². The lowest BCUT2D eigenvalue weighted by molar-refractivity contribution is 0.0392. The Labute approximate surface area is 102 Å². The number of nitrogens with zero attached hydrogens (tertiary/aromatic N) is 4. The zero-order valence-electron chi connectivity index (χ0n) is 9.46. The summed E-state index contributed by atoms with van der Waals surface area (Å²) in [6.07, 6.45) is 1.41. The Balaban J connectivity index is 2.26. The summed E-state index contributed by atoms with van der Waals surface area (Å²) in [5.41, 5.74) is 6.49. The zero-order chi connectivity index (χ0) is 13.3. The third-order valence-electron chi connectivity index (χ3n) is 2.26. The van der Waals surface area contributed by atoms with E-state index in [1.165, 1.54) is 17.2 Å². The van der Waals surface area contributed by atoms with Gasteiger partial charge in [0.25, 0.3) is 0 Å². The predicted molar refractivity (Wildman–Crippen MR) is 62.4 cm³/mol. The van der Waals surface area contributed by atoms with E-state index >= 15 is 0 Å². The highest BCUT2D eigenvalue weighted by Gasteiger charge is 2.18. The van der Waals surface area contributed by atoms with Crippen LogP contribution in [0.1, 0.15) is 13.2 Å². The van der Waals surface area contributed by atoms with Crippen molar-refractivity contribution in [3.8, 4) is 0 Å². The molecule has 10 heteroatoms. The van der Waals surface area contributed by atoms with Crippen molar-refractivity contribution in [3.63, 3.8) is 0 Å². The molecule has 1 unspecified atom stereocenters. The van der Waals surface area contributed by atoms with Crippen molar-refractivity contribution >= 4 is 24.6 Å². The summed E-state index contributed by atoms with van der Waals surface area (Å²) in [5.74, 6) is 0.237. The zero-order valence-corrected chi connectivity index (χ0v) is 10.4. The highest BCUT2D eigenvalue weighted by atomic mass is 31.2. The van der Waals surface area contributed by atoms with E-state index in [2.05, 4.69) is 15.0 Å². The van der Waals surface area contributed by atoms with E-state index in [9.17, 15) is 4.57 Å². The van der Waals surface area contributed by atoms with Gasteiger partial charge in [0, 0.05) is 0 Å². The molecule has 0 bridgehead atoms. The number of anilines is 1. The minimum Gasteiger partial charge on any atom is -0.382 e. The van der Waals surface area contributed by atoms with Crippen LogP contribution >= 0.6 is 7.60 Å². The molecule has 98 valence electrons. The molecule has 0 spiro atoms. The number of fused-ring (bicyclic) bond motifs is 1. The summed E-state index contributed by atoms with van der Waals surface area (Å²) in [6.45, 7) is 1.62. The van der Waals surface area contributed by atoms with E-state index in [4.69, 9.17) is 20.3 Å². The SMILES string of the molecule is CC(OCP(=O)(O)O)n1cnc2c(N)ncnc21. The van der Waals surface area contributed by atoms with Gasteiger partial charge < -0.3 is 20.3 Å². The Morgan fingerprint density at radius 2 is 2.22 bits per heavy atom. The van der Waals surface area contributed by atoms with E-state index in [0.29, 0.717) is 11.2 Å². The fraction of sp³-hybridized carbons (Fsp3) is 0.375. The van der Waals surface area contributed by atoms with Crippen molar-refractivity contribution in [2.75, 3.05) is 12.1 Å². The van der Waals surface area contributed by atoms with Crippen LogP contribution in [0.3, 0.4) is 0 Å². The molecule has 1 atom stereocenters. The van der Waals surface area contributed by atoms with Crippen LogP contribution in [0, 0.1) is 0 Å². The van der Waals surface area contributed by atoms with Gasteiger partial charge in [-0.05, 0) is 6.92 Å². The maximum Gasteiger partial charge on any atom is 0.351 e. The molecular weight excluding hydrogens is 261 g/mol. The minimum absolute atomic E-state index is 0.237. The molecule has 0 saturated carbocycles. The molecule has 0 saturated heterocycles. The first kappa shape index (κ1) is 12.9. The lowest BCUT2D eigenvalue weighted by atomic mass is 10.5. The van der Waals surface area contributed by atoms with Crippen LogP contribution in [-0.2, 0) is 9.30 Å². The van der Waals surface area contributed by atoms with Gasteiger partial charge in [-0.3, -0.25) is 9.13 Å². The van der Waals surface area contributed by atoms with Crippen molar-refractivity contribution in [3.05, 3.63) is 12.7 Å². The lowest BCUT2D eigenvalue weighted by Gasteiger charge is -2.15. The van der Waals surface area contributed by atoms with Crippen LogP contribution in [0.5, 0.6) is 0 Å². The Hall–Kier alpha value is -1.54. The van der Waals surface area contributed by atoms with Crippen molar-refractivity contribution in [2.45, 2.75) is 13.2 Å². The molecule has 0 radical (unpaired) electrons. The van der Waals surface area contributed by atoms with Gasteiger partial charge in [0.05, 0.1) is 6.33 Å². The van der Waals surface area contributed by atoms with Gasteiger partial charge in [0.15, 0.2) is 17.8 Å². The molecule has 0 aliphatic heterocycles. The fourth-order valence-electron chi connectivity index (χ4n) is 1.42. The van der Waals surface area contributed by atoms with Crippen LogP contribution in [0.2, 0.25) is 0 Å². The maximum atomic E-state index is 10.7. The molecule has 0 amide bonds. The van der Waals surface area contributed by atoms with Crippen molar-refractivity contribution in [2.24, 2.45) is 0 Å². The number of hydrogen-bond acceptors (Lipinski definition) is 6. The summed E-state index contributed by atoms with van der Waals surface area (Å²) in [4.78, 5) is 29.3. The molecule has 0 fully saturated rings. The van der Waals surface area contributed by atoms with Crippen LogP contribution in [-0.4, -0.2) is 35.7 Å². The van der Waals surface area contributed by atoms with Gasteiger partial charge in [0.2, 0.25) is 0 Å². The molecule has 2 rings (SSSR count). The average Bonchev–Trinajstić information content (AvgIpc) is 2.70. The van der Waals surface area contributed by atoms with Crippen molar-refractivity contribution < 1.29 is 19.1 Å². The van der Waals surface area contributed by atoms with Crippen molar-refractivity contribution in [1.29, 1.82) is 0 Å². The first-order valence-electron chi connectivity index (χ1n) is 4.97. The molecule has 18 heavy (non-hydrogen) atoms. The summed E-state index contributed by atoms with van der Waals surface area (Å²) >= 11 is 0. The smallest absolute Gasteiger partial charge is 0.351 e. The van der Waals surface area contributed by atoms with Crippen LogP contribution < -0.4 is 5.73 Å². The predicted octanol–water partition coefficient (Wildman–Crippen LogP) is 0.0788. The van der Waals surface area contributed by atoms with Crippen molar-refractivity contribution in [1.82, 2.24) is 19.5 Å². The topological polar surface area (TPSA) is 136 Å². The molecule has 4 N–H and O–H groups in total. The largest absolute Gasteiger partial charge is 0.382 e. The number of aromatic nitrogens is 4. The summed E-state index contributed by atoms with van der Waals surface area (Å²) in [5, 5.41) is 0. The Kier molecular flexibility index (Phi) is 3.31. The van der Waals surface area contributed by atoms with Gasteiger partial charge >= 0.3 is 7.60 Å². The molecule has 0 aliphatic rings. The monoisotopic (exact) mass is 273 g/mol. The second kappa shape index (κ2) is 4.62. The second-order valence-electron chi connectivity index (χ2n) is 3.64. The third kappa shape index (κ3) is 2.65. The number of hydrogen-bond donors (Lipinski definition) is 3. The molecule has 2 aromatic heterocycles. The number of imidazole rings is 1. The molecular formula is C8H12N5O4P. The third-order valence-corrected chi connectivity index (χ3v) is 2.75. The fourth-order valence-corrected chi connectivity index (χ4v) is 1.83. The van der Waals surface area contributed by atoms with Gasteiger partial charge in [-0.2, -0.15) is 0 Å². The molecule has 2 heterocycles. The number of rotatable bonds is 4. The standard InChI is InChI=1S/C8H12N5O4P/c1-5(17-4-18(14,15)16)13-3-12-6-7(9)10-2-11-8(6)13/h2-3,5H,4H2,1H3,(H2,9,10,11)(H2,14,15,16). The quantitative estimate of drug-likeness (QED) is 0.666. The Bertz CT molecular complexity index is 609. The van der Waals surface area contributed by atoms with Gasteiger partial charge in [-0.15, -0.1) is 0 Å². The summed E-state index contributed by atoms with van der Waals surface area (Å²) in [7, 11) is -4.20. The number of ether oxygens (including phenoxy) is 1. The highest BCUT2D eigenvalue weighted by molar-refractivity contribution is 7.51. The highest BCUT2D eigenvalue weighted by Crippen LogP contribution is 2.35. The first-order valence-corrected chi connectivity index (χ1v) is 6.77. The Morgan fingerprint density at radius 1 is 1.50 bits per heavy atom. The number of nitrogen functional groups attached to an aromatic ring is 1. The second-order valence-corrected chi connectivity index (χ2v) is 5.23. The van der Waals surface area contributed by atoms with E-state index < -0.39 is 20.2 Å². The van der Waals surface area contributed by atoms with Gasteiger partial charge in [-0.25, -0.2) is 15.0 Å². The van der Waals surface area contributed by atoms with E-state index in [0.717, 1.165) is 0 Å². The normalized spacial score (nSPS) is 13.9. The lowest BCUT2D eigenvalue weighted by Crippen LogP contribution is -2.10. The molecule has 2 aromatic rings. The van der Waals surface area contributed by atoms with Crippen LogP contribution in [0.25, 0.3) is 11.2 Å². The van der Waals surface area contributed by atoms with Gasteiger partial charge in [0.1, 0.15) is 18.1 Å². The van der Waals surface area contributed by atoms with Crippen LogP contribution in [0.15, 0.2) is 12.7 Å². The first-order chi connectivity index (χ1) is 8.38. The minimum atomic E-state index is -4.20. The van der Waals surface area contributed by atoms with E-state index in [-0.39, 0.29) is 5.82 Å². The number of nitrogens with two attached hydrogens (primary N) is 1. The maximum absolute atomic E-state index is 10.7. The summed E-state index contributed by atoms with van der Waals surface area (Å²) < 4.78 is 17.3. The van der Waals surface area contributed by atoms with Crippen LogP contribution in [0.4, 0.5) is 5.82 Å². The van der Waals surface area contributed by atoms with E-state index in [1.54, 1.807) is 6.92 Å². The molecule has 0 aromatic carbocycles. The summed E-state index contributed by atoms with van der Waals surface area (Å²) in [6, 6.07) is 0. The molecule has 9 nitrogen and oxygen atoms in total.